The number of hydrogen-bond donors (Lipinski definition) is 0. The summed E-state index contributed by atoms with van der Waals surface area (Å²) in [4.78, 5) is 25.1. The molecule has 4 nitrogen and oxygen atoms in total. The maximum Gasteiger partial charge on any atom is 0.335 e. The lowest BCUT2D eigenvalue weighted by atomic mass is 9.92. The standard InChI is InChI=1S/C20H26O4/c1-12(2)10-23-19(21)16-9-15-8-6-7-14(5)17(15)18(16)20(22)24-11-13(3)4/h6-9,12-13,18H,10-11H2,1-5H3. The zero-order valence-corrected chi connectivity index (χ0v) is 15.1. The van der Waals surface area contributed by atoms with Crippen LogP contribution in [0.2, 0.25) is 0 Å². The molecule has 1 unspecified atom stereocenters. The molecule has 4 heteroatoms. The molecule has 0 N–H and O–H groups in total. The Morgan fingerprint density at radius 2 is 1.67 bits per heavy atom. The van der Waals surface area contributed by atoms with Crippen LogP contribution in [-0.4, -0.2) is 25.2 Å². The maximum absolute atomic E-state index is 12.6. The van der Waals surface area contributed by atoms with Crippen LogP contribution in [0.25, 0.3) is 6.08 Å². The molecule has 1 aromatic carbocycles. The smallest absolute Gasteiger partial charge is 0.335 e. The summed E-state index contributed by atoms with van der Waals surface area (Å²) in [7, 11) is 0. The molecule has 0 heterocycles. The van der Waals surface area contributed by atoms with Gasteiger partial charge in [0.15, 0.2) is 0 Å². The van der Waals surface area contributed by atoms with Gasteiger partial charge in [-0.2, -0.15) is 0 Å². The Hall–Kier alpha value is -2.10. The van der Waals surface area contributed by atoms with Gasteiger partial charge < -0.3 is 9.47 Å². The summed E-state index contributed by atoms with van der Waals surface area (Å²) in [6.07, 6.45) is 1.76. The number of hydrogen-bond acceptors (Lipinski definition) is 4. The molecular formula is C20H26O4. The number of rotatable bonds is 6. The summed E-state index contributed by atoms with van der Waals surface area (Å²) in [5, 5.41) is 0. The fourth-order valence-corrected chi connectivity index (χ4v) is 2.71. The average molecular weight is 330 g/mol. The number of benzene rings is 1. The highest BCUT2D eigenvalue weighted by Crippen LogP contribution is 2.39. The van der Waals surface area contributed by atoms with Gasteiger partial charge in [0.05, 0.1) is 18.8 Å². The van der Waals surface area contributed by atoms with Gasteiger partial charge in [-0.05, 0) is 41.5 Å². The number of carbonyl (C=O) groups excluding carboxylic acids is 2. The third kappa shape index (κ3) is 4.05. The molecule has 0 saturated carbocycles. The van der Waals surface area contributed by atoms with Gasteiger partial charge in [0.25, 0.3) is 0 Å². The molecule has 0 radical (unpaired) electrons. The molecular weight excluding hydrogens is 304 g/mol. The molecule has 2 rings (SSSR count). The van der Waals surface area contributed by atoms with E-state index in [1.807, 2.05) is 52.8 Å². The quantitative estimate of drug-likeness (QED) is 0.743. The van der Waals surface area contributed by atoms with Crippen molar-refractivity contribution in [2.45, 2.75) is 40.5 Å². The second kappa shape index (κ2) is 7.65. The highest BCUT2D eigenvalue weighted by Gasteiger charge is 2.38. The third-order valence-corrected chi connectivity index (χ3v) is 3.85. The Balaban J connectivity index is 2.30. The first-order chi connectivity index (χ1) is 11.3. The Labute approximate surface area is 143 Å². The van der Waals surface area contributed by atoms with E-state index in [4.69, 9.17) is 9.47 Å². The highest BCUT2D eigenvalue weighted by atomic mass is 16.5. The van der Waals surface area contributed by atoms with Crippen LogP contribution in [0.15, 0.2) is 23.8 Å². The molecule has 0 spiro atoms. The van der Waals surface area contributed by atoms with Gasteiger partial charge in [0.1, 0.15) is 5.92 Å². The van der Waals surface area contributed by atoms with Gasteiger partial charge in [0, 0.05) is 0 Å². The first kappa shape index (κ1) is 18.2. The number of ether oxygens (including phenoxy) is 2. The van der Waals surface area contributed by atoms with E-state index < -0.39 is 11.9 Å². The first-order valence-corrected chi connectivity index (χ1v) is 8.46. The van der Waals surface area contributed by atoms with Gasteiger partial charge >= 0.3 is 11.9 Å². The average Bonchev–Trinajstić information content (AvgIpc) is 2.91. The zero-order chi connectivity index (χ0) is 17.9. The minimum absolute atomic E-state index is 0.242. The lowest BCUT2D eigenvalue weighted by Gasteiger charge is -2.18. The minimum atomic E-state index is -0.695. The largest absolute Gasteiger partial charge is 0.465 e. The minimum Gasteiger partial charge on any atom is -0.465 e. The van der Waals surface area contributed by atoms with Gasteiger partial charge in [-0.3, -0.25) is 4.79 Å². The van der Waals surface area contributed by atoms with Crippen LogP contribution >= 0.6 is 0 Å². The fourth-order valence-electron chi connectivity index (χ4n) is 2.71. The lowest BCUT2D eigenvalue weighted by molar-refractivity contribution is -0.148. The van der Waals surface area contributed by atoms with E-state index in [-0.39, 0.29) is 17.8 Å². The van der Waals surface area contributed by atoms with Crippen molar-refractivity contribution in [3.63, 3.8) is 0 Å². The number of fused-ring (bicyclic) bond motifs is 1. The van der Waals surface area contributed by atoms with E-state index in [1.165, 1.54) is 0 Å². The van der Waals surface area contributed by atoms with E-state index in [2.05, 4.69) is 0 Å². The van der Waals surface area contributed by atoms with Crippen LogP contribution in [-0.2, 0) is 19.1 Å². The summed E-state index contributed by atoms with van der Waals surface area (Å²) in [6, 6.07) is 5.77. The molecule has 1 aliphatic rings. The molecule has 1 aliphatic carbocycles. The number of esters is 2. The van der Waals surface area contributed by atoms with Crippen LogP contribution in [0.1, 0.15) is 50.3 Å². The van der Waals surface area contributed by atoms with Crippen molar-refractivity contribution in [1.29, 1.82) is 0 Å². The van der Waals surface area contributed by atoms with Crippen molar-refractivity contribution in [3.8, 4) is 0 Å². The highest BCUT2D eigenvalue weighted by molar-refractivity contribution is 6.06. The summed E-state index contributed by atoms with van der Waals surface area (Å²) in [6.45, 7) is 10.5. The molecule has 130 valence electrons. The summed E-state index contributed by atoms with van der Waals surface area (Å²) in [5.41, 5.74) is 3.08. The second-order valence-electron chi connectivity index (χ2n) is 7.13. The van der Waals surface area contributed by atoms with E-state index in [9.17, 15) is 9.59 Å². The monoisotopic (exact) mass is 330 g/mol. The van der Waals surface area contributed by atoms with Crippen molar-refractivity contribution < 1.29 is 19.1 Å². The Bertz CT molecular complexity index is 656. The number of aryl methyl sites for hydroxylation is 1. The molecule has 24 heavy (non-hydrogen) atoms. The molecule has 1 aromatic rings. The van der Waals surface area contributed by atoms with Gasteiger partial charge in [-0.15, -0.1) is 0 Å². The summed E-state index contributed by atoms with van der Waals surface area (Å²) < 4.78 is 10.8. The van der Waals surface area contributed by atoms with Gasteiger partial charge in [-0.1, -0.05) is 45.9 Å². The van der Waals surface area contributed by atoms with Crippen LogP contribution in [0.3, 0.4) is 0 Å². The van der Waals surface area contributed by atoms with Crippen LogP contribution < -0.4 is 0 Å². The Morgan fingerprint density at radius 1 is 1.04 bits per heavy atom. The van der Waals surface area contributed by atoms with E-state index in [0.717, 1.165) is 16.7 Å². The lowest BCUT2D eigenvalue weighted by Crippen LogP contribution is -2.24. The molecule has 0 saturated heterocycles. The normalized spacial score (nSPS) is 16.1. The summed E-state index contributed by atoms with van der Waals surface area (Å²) in [5.74, 6) is -1.03. The van der Waals surface area contributed by atoms with Crippen molar-refractivity contribution in [2.75, 3.05) is 13.2 Å². The summed E-state index contributed by atoms with van der Waals surface area (Å²) >= 11 is 0. The van der Waals surface area contributed by atoms with Crippen molar-refractivity contribution in [1.82, 2.24) is 0 Å². The van der Waals surface area contributed by atoms with Gasteiger partial charge in [0.2, 0.25) is 0 Å². The molecule has 0 aliphatic heterocycles. The Morgan fingerprint density at radius 3 is 2.29 bits per heavy atom. The zero-order valence-electron chi connectivity index (χ0n) is 15.1. The van der Waals surface area contributed by atoms with Crippen molar-refractivity contribution >= 4 is 18.0 Å². The topological polar surface area (TPSA) is 52.6 Å². The van der Waals surface area contributed by atoms with E-state index in [1.54, 1.807) is 6.08 Å². The third-order valence-electron chi connectivity index (χ3n) is 3.85. The molecule has 0 bridgehead atoms. The molecule has 1 atom stereocenters. The van der Waals surface area contributed by atoms with E-state index >= 15 is 0 Å². The van der Waals surface area contributed by atoms with Crippen molar-refractivity contribution in [2.24, 2.45) is 11.8 Å². The number of carbonyl (C=O) groups is 2. The maximum atomic E-state index is 12.6. The van der Waals surface area contributed by atoms with Crippen LogP contribution in [0.5, 0.6) is 0 Å². The first-order valence-electron chi connectivity index (χ1n) is 8.46. The van der Waals surface area contributed by atoms with Crippen LogP contribution in [0.4, 0.5) is 0 Å². The SMILES string of the molecule is Cc1cccc2c1C(C(=O)OCC(C)C)C(C(=O)OCC(C)C)=C2. The molecule has 0 amide bonds. The second-order valence-corrected chi connectivity index (χ2v) is 7.13. The van der Waals surface area contributed by atoms with Gasteiger partial charge in [-0.25, -0.2) is 4.79 Å². The predicted molar refractivity (Wildman–Crippen MR) is 93.5 cm³/mol. The predicted octanol–water partition coefficient (Wildman–Crippen LogP) is 3.87. The van der Waals surface area contributed by atoms with Crippen molar-refractivity contribution in [3.05, 3.63) is 40.5 Å². The van der Waals surface area contributed by atoms with E-state index in [0.29, 0.717) is 18.8 Å². The fraction of sp³-hybridized carbons (Fsp3) is 0.500. The molecule has 0 fully saturated rings. The Kier molecular flexibility index (Phi) is 5.81. The van der Waals surface area contributed by atoms with Crippen LogP contribution in [0, 0.1) is 18.8 Å². The molecule has 0 aromatic heterocycles.